The lowest BCUT2D eigenvalue weighted by atomic mass is 10.0. The van der Waals surface area contributed by atoms with Crippen molar-refractivity contribution in [3.05, 3.63) is 81.5 Å². The van der Waals surface area contributed by atoms with Gasteiger partial charge in [-0.2, -0.15) is 0 Å². The Morgan fingerprint density at radius 1 is 1.04 bits per heavy atom. The number of benzene rings is 2. The third-order valence-electron chi connectivity index (χ3n) is 6.68. The van der Waals surface area contributed by atoms with Crippen LogP contribution in [0.25, 0.3) is 11.1 Å². The van der Waals surface area contributed by atoms with E-state index in [1.165, 1.54) is 28.4 Å². The molecule has 5 rings (SSSR count). The second-order valence-electron chi connectivity index (χ2n) is 9.42. The number of carbonyl (C=O) groups excluding carboxylic acids is 3. The van der Waals surface area contributed by atoms with E-state index in [-0.39, 0.29) is 55.6 Å². The van der Waals surface area contributed by atoms with Crippen LogP contribution >= 0.6 is 11.3 Å². The molecule has 0 saturated carbocycles. The van der Waals surface area contributed by atoms with Crippen molar-refractivity contribution in [1.29, 1.82) is 5.41 Å². The minimum atomic E-state index is -1.01. The van der Waals surface area contributed by atoms with Gasteiger partial charge >= 0.3 is 0 Å². The molecule has 2 fully saturated rings. The smallest absolute Gasteiger partial charge is 0.243 e. The van der Waals surface area contributed by atoms with Crippen LogP contribution in [0, 0.1) is 17.0 Å². The van der Waals surface area contributed by atoms with Gasteiger partial charge in [0, 0.05) is 33.9 Å². The molecule has 2 aliphatic rings. The predicted molar refractivity (Wildman–Crippen MR) is 182 cm³/mol. The van der Waals surface area contributed by atoms with Crippen LogP contribution in [0.4, 0.5) is 8.78 Å². The number of nitrogens with two attached hydrogens (primary N) is 2. The standard InChI is InChI=1S/C27H26F2N4O4S.3C2H6.CH3NO/c28-19-5-6-21(22(29)11-19)17-3-1-16(2-4-17)9-24(34)33-15-27(36-7-8-37-27)12-23(33)26(35)32-13-20-10-18(14-38-20)25(30)31;3*1-2;2-1-3/h1-6,10-11,14,23H,7-9,12-13,15H2,(H3,30,31)(H,32,35);3*1-2H3;1H,(H2,2,3). The van der Waals surface area contributed by atoms with E-state index in [1.54, 1.807) is 35.7 Å². The van der Waals surface area contributed by atoms with Gasteiger partial charge in [0.2, 0.25) is 18.2 Å². The first-order chi connectivity index (χ1) is 22.6. The average molecular weight is 676 g/mol. The van der Waals surface area contributed by atoms with E-state index in [2.05, 4.69) is 11.1 Å². The molecule has 0 radical (unpaired) electrons. The molecule has 2 aliphatic heterocycles. The highest BCUT2D eigenvalue weighted by atomic mass is 32.1. The largest absolute Gasteiger partial charge is 0.384 e. The molecule has 2 aromatic carbocycles. The number of amides is 3. The van der Waals surface area contributed by atoms with E-state index in [9.17, 15) is 18.4 Å². The fourth-order valence-electron chi connectivity index (χ4n) is 4.75. The fraction of sp³-hybridized carbons (Fsp3) is 0.412. The van der Waals surface area contributed by atoms with E-state index in [4.69, 9.17) is 25.4 Å². The molecule has 258 valence electrons. The number of thiophene rings is 1. The number of rotatable bonds is 7. The Bertz CT molecular complexity index is 1430. The second kappa shape index (κ2) is 20.8. The molecule has 47 heavy (non-hydrogen) atoms. The summed E-state index contributed by atoms with van der Waals surface area (Å²) in [7, 11) is 0. The zero-order valence-corrected chi connectivity index (χ0v) is 28.7. The summed E-state index contributed by atoms with van der Waals surface area (Å²) in [6.07, 6.45) is 0.495. The van der Waals surface area contributed by atoms with Gasteiger partial charge in [0.05, 0.1) is 32.7 Å². The number of amidine groups is 1. The zero-order chi connectivity index (χ0) is 35.6. The van der Waals surface area contributed by atoms with Gasteiger partial charge in [-0.25, -0.2) is 8.78 Å². The van der Waals surface area contributed by atoms with Crippen molar-refractivity contribution in [2.75, 3.05) is 19.8 Å². The number of nitrogens with zero attached hydrogens (tertiary/aromatic N) is 1. The highest BCUT2D eigenvalue weighted by molar-refractivity contribution is 7.10. The number of halogens is 2. The molecule has 6 N–H and O–H groups in total. The van der Waals surface area contributed by atoms with Crippen LogP contribution in [0.5, 0.6) is 0 Å². The number of ether oxygens (including phenoxy) is 2. The van der Waals surface area contributed by atoms with Gasteiger partial charge in [0.15, 0.2) is 5.79 Å². The SMILES string of the molecule is CC.CC.CC.N=C(N)c1csc(CNC(=O)C2CC3(CN2C(=O)Cc2ccc(-c4ccc(F)cc4F)cc2)OCCO3)c1.NC=O. The number of likely N-dealkylation sites (tertiary alicyclic amines) is 1. The Kier molecular flexibility index (Phi) is 18.1. The molecule has 1 atom stereocenters. The van der Waals surface area contributed by atoms with E-state index in [0.717, 1.165) is 10.9 Å². The Hall–Kier alpha value is -4.20. The summed E-state index contributed by atoms with van der Waals surface area (Å²) < 4.78 is 39.0. The summed E-state index contributed by atoms with van der Waals surface area (Å²) in [5.41, 5.74) is 11.8. The topological polar surface area (TPSA) is 161 Å². The summed E-state index contributed by atoms with van der Waals surface area (Å²) in [5.74, 6) is -2.96. The summed E-state index contributed by atoms with van der Waals surface area (Å²) >= 11 is 1.38. The van der Waals surface area contributed by atoms with Crippen LogP contribution in [0.3, 0.4) is 0 Å². The molecule has 1 aromatic heterocycles. The molecule has 3 aromatic rings. The monoisotopic (exact) mass is 675 g/mol. The Balaban J connectivity index is 0.00000112. The number of nitrogen functional groups attached to an aromatic ring is 1. The minimum absolute atomic E-state index is 0.0267. The average Bonchev–Trinajstić information content (AvgIpc) is 3.85. The van der Waals surface area contributed by atoms with E-state index >= 15 is 0 Å². The lowest BCUT2D eigenvalue weighted by Crippen LogP contribution is -2.46. The molecule has 13 heteroatoms. The lowest BCUT2D eigenvalue weighted by Gasteiger charge is -2.24. The Morgan fingerprint density at radius 3 is 2.17 bits per heavy atom. The fourth-order valence-corrected chi connectivity index (χ4v) is 5.57. The van der Waals surface area contributed by atoms with Crippen molar-refractivity contribution in [3.63, 3.8) is 0 Å². The molecule has 1 unspecified atom stereocenters. The van der Waals surface area contributed by atoms with Crippen molar-refractivity contribution < 1.29 is 32.6 Å². The first-order valence-corrected chi connectivity index (χ1v) is 16.5. The summed E-state index contributed by atoms with van der Waals surface area (Å²) in [5, 5.41) is 12.2. The van der Waals surface area contributed by atoms with Crippen LogP contribution in [0.15, 0.2) is 53.9 Å². The van der Waals surface area contributed by atoms with E-state index < -0.39 is 23.5 Å². The number of carbonyl (C=O) groups is 3. The highest BCUT2D eigenvalue weighted by Gasteiger charge is 2.52. The third-order valence-corrected chi connectivity index (χ3v) is 7.62. The second-order valence-corrected chi connectivity index (χ2v) is 10.4. The van der Waals surface area contributed by atoms with Gasteiger partial charge in [-0.3, -0.25) is 19.8 Å². The van der Waals surface area contributed by atoms with Gasteiger partial charge < -0.3 is 31.2 Å². The van der Waals surface area contributed by atoms with Crippen molar-refractivity contribution in [2.45, 2.75) is 72.8 Å². The third kappa shape index (κ3) is 11.5. The quantitative estimate of drug-likeness (QED) is 0.150. The lowest BCUT2D eigenvalue weighted by molar-refractivity contribution is -0.152. The maximum Gasteiger partial charge on any atom is 0.243 e. The molecule has 1 spiro atoms. The molecule has 3 amide bonds. The number of hydrogen-bond acceptors (Lipinski definition) is 7. The molecular weight excluding hydrogens is 628 g/mol. The van der Waals surface area contributed by atoms with Gasteiger partial charge in [0.25, 0.3) is 0 Å². The zero-order valence-electron chi connectivity index (χ0n) is 27.9. The summed E-state index contributed by atoms with van der Waals surface area (Å²) in [4.78, 5) is 37.5. The first kappa shape index (κ1) is 40.8. The van der Waals surface area contributed by atoms with Crippen LogP contribution in [0.1, 0.15) is 64.0 Å². The van der Waals surface area contributed by atoms with Crippen LogP contribution in [0.2, 0.25) is 0 Å². The van der Waals surface area contributed by atoms with E-state index in [1.807, 2.05) is 41.5 Å². The number of hydrogen-bond donors (Lipinski definition) is 4. The van der Waals surface area contributed by atoms with Crippen LogP contribution < -0.4 is 16.8 Å². The summed E-state index contributed by atoms with van der Waals surface area (Å²) in [6, 6.07) is 11.1. The van der Waals surface area contributed by atoms with E-state index in [0.29, 0.717) is 29.9 Å². The highest BCUT2D eigenvalue weighted by Crippen LogP contribution is 2.35. The van der Waals surface area contributed by atoms with Gasteiger partial charge in [-0.05, 0) is 29.3 Å². The van der Waals surface area contributed by atoms with Crippen LogP contribution in [-0.2, 0) is 36.8 Å². The molecule has 0 bridgehead atoms. The number of nitrogens with one attached hydrogen (secondary N) is 2. The normalized spacial score (nSPS) is 15.3. The van der Waals surface area contributed by atoms with Gasteiger partial charge in [0.1, 0.15) is 23.5 Å². The molecule has 3 heterocycles. The van der Waals surface area contributed by atoms with Gasteiger partial charge in [-0.1, -0.05) is 65.8 Å². The van der Waals surface area contributed by atoms with Crippen molar-refractivity contribution in [1.82, 2.24) is 10.2 Å². The van der Waals surface area contributed by atoms with Crippen molar-refractivity contribution >= 4 is 35.4 Å². The van der Waals surface area contributed by atoms with Crippen molar-refractivity contribution in [2.24, 2.45) is 11.5 Å². The molecule has 10 nitrogen and oxygen atoms in total. The first-order valence-electron chi connectivity index (χ1n) is 15.6. The Labute approximate surface area is 279 Å². The predicted octanol–water partition coefficient (Wildman–Crippen LogP) is 5.36. The van der Waals surface area contributed by atoms with Crippen LogP contribution in [-0.4, -0.2) is 60.5 Å². The molecule has 0 aliphatic carbocycles. The van der Waals surface area contributed by atoms with Gasteiger partial charge in [-0.15, -0.1) is 11.3 Å². The maximum absolute atomic E-state index is 14.1. The Morgan fingerprint density at radius 2 is 1.64 bits per heavy atom. The maximum atomic E-state index is 14.1. The van der Waals surface area contributed by atoms with Crippen molar-refractivity contribution in [3.8, 4) is 11.1 Å². The molecular formula is C34H47F2N5O5S. The minimum Gasteiger partial charge on any atom is -0.384 e. The molecule has 2 saturated heterocycles. The number of primary amides is 1. The summed E-state index contributed by atoms with van der Waals surface area (Å²) in [6.45, 7) is 13.2.